The molecule has 1 aromatic carbocycles. The first-order valence-electron chi connectivity index (χ1n) is 6.53. The Hall–Kier alpha value is -0.190. The summed E-state index contributed by atoms with van der Waals surface area (Å²) in [4.78, 5) is 2.38. The zero-order valence-electron chi connectivity index (χ0n) is 11.6. The minimum Gasteiger partial charge on any atom is -0.491 e. The number of likely N-dealkylation sites (tertiary alicyclic amines) is 1. The second-order valence-corrected chi connectivity index (χ2v) is 6.31. The van der Waals surface area contributed by atoms with Gasteiger partial charge in [0.15, 0.2) is 0 Å². The van der Waals surface area contributed by atoms with E-state index in [1.807, 2.05) is 0 Å². The minimum absolute atomic E-state index is 0. The summed E-state index contributed by atoms with van der Waals surface area (Å²) in [5, 5.41) is 1.23. The van der Waals surface area contributed by atoms with Crippen LogP contribution in [0.25, 0.3) is 0 Å². The number of halogens is 3. The summed E-state index contributed by atoms with van der Waals surface area (Å²) in [7, 11) is 0. The van der Waals surface area contributed by atoms with Crippen LogP contribution >= 0.6 is 35.6 Å². The predicted molar refractivity (Wildman–Crippen MR) is 87.4 cm³/mol. The molecule has 1 fully saturated rings. The molecule has 1 atom stereocenters. The molecule has 0 bridgehead atoms. The van der Waals surface area contributed by atoms with Crippen molar-refractivity contribution in [3.05, 3.63) is 28.2 Å². The van der Waals surface area contributed by atoms with Crippen LogP contribution in [0.3, 0.4) is 0 Å². The molecule has 0 spiro atoms. The molecule has 1 aliphatic rings. The highest BCUT2D eigenvalue weighted by molar-refractivity contribution is 6.34. The van der Waals surface area contributed by atoms with E-state index >= 15 is 0 Å². The van der Waals surface area contributed by atoms with Gasteiger partial charge in [-0.05, 0) is 37.1 Å². The van der Waals surface area contributed by atoms with E-state index in [4.69, 9.17) is 33.7 Å². The number of hydrogen-bond donors (Lipinski definition) is 1. The Kier molecular flexibility index (Phi) is 6.89. The van der Waals surface area contributed by atoms with E-state index < -0.39 is 0 Å². The molecular formula is C14H21Cl3N2O. The van der Waals surface area contributed by atoms with Crippen molar-refractivity contribution in [2.45, 2.75) is 13.3 Å². The van der Waals surface area contributed by atoms with Crippen molar-refractivity contribution < 1.29 is 4.74 Å². The van der Waals surface area contributed by atoms with Crippen molar-refractivity contribution in [3.63, 3.8) is 0 Å². The van der Waals surface area contributed by atoms with Crippen molar-refractivity contribution in [1.29, 1.82) is 0 Å². The minimum atomic E-state index is 0. The van der Waals surface area contributed by atoms with E-state index in [1.165, 1.54) is 0 Å². The molecule has 1 heterocycles. The molecule has 2 rings (SSSR count). The summed E-state index contributed by atoms with van der Waals surface area (Å²) in [5.41, 5.74) is 6.05. The average Bonchev–Trinajstić information content (AvgIpc) is 2.76. The lowest BCUT2D eigenvalue weighted by molar-refractivity contribution is 0.219. The van der Waals surface area contributed by atoms with Crippen LogP contribution in [0.1, 0.15) is 13.3 Å². The second kappa shape index (κ2) is 7.71. The van der Waals surface area contributed by atoms with E-state index in [0.29, 0.717) is 22.4 Å². The van der Waals surface area contributed by atoms with Crippen LogP contribution in [0.5, 0.6) is 5.75 Å². The number of ether oxygens (including phenoxy) is 1. The summed E-state index contributed by atoms with van der Waals surface area (Å²) in [6, 6.07) is 5.25. The molecule has 20 heavy (non-hydrogen) atoms. The van der Waals surface area contributed by atoms with Crippen LogP contribution in [0, 0.1) is 5.41 Å². The normalized spacial score (nSPS) is 22.6. The topological polar surface area (TPSA) is 38.5 Å². The zero-order valence-corrected chi connectivity index (χ0v) is 13.9. The Labute approximate surface area is 136 Å². The van der Waals surface area contributed by atoms with Crippen LogP contribution < -0.4 is 10.5 Å². The van der Waals surface area contributed by atoms with Gasteiger partial charge in [-0.2, -0.15) is 0 Å². The molecule has 6 heteroatoms. The van der Waals surface area contributed by atoms with Gasteiger partial charge in [-0.1, -0.05) is 30.1 Å². The lowest BCUT2D eigenvalue weighted by Crippen LogP contribution is -2.33. The molecule has 1 saturated heterocycles. The molecule has 0 aliphatic carbocycles. The van der Waals surface area contributed by atoms with Gasteiger partial charge >= 0.3 is 0 Å². The fourth-order valence-electron chi connectivity index (χ4n) is 2.36. The number of hydrogen-bond acceptors (Lipinski definition) is 3. The Morgan fingerprint density at radius 3 is 2.80 bits per heavy atom. The van der Waals surface area contributed by atoms with Crippen LogP contribution in [-0.4, -0.2) is 37.7 Å². The fourth-order valence-corrected chi connectivity index (χ4v) is 2.69. The Morgan fingerprint density at radius 1 is 1.40 bits per heavy atom. The smallest absolute Gasteiger partial charge is 0.139 e. The summed E-state index contributed by atoms with van der Waals surface area (Å²) in [5.74, 6) is 0.648. The van der Waals surface area contributed by atoms with Gasteiger partial charge in [0.25, 0.3) is 0 Å². The Balaban J connectivity index is 0.00000200. The molecule has 1 unspecified atom stereocenters. The van der Waals surface area contributed by atoms with Gasteiger partial charge in [-0.25, -0.2) is 0 Å². The molecule has 2 N–H and O–H groups in total. The maximum absolute atomic E-state index is 6.05. The molecule has 1 aliphatic heterocycles. The molecule has 0 radical (unpaired) electrons. The third-order valence-corrected chi connectivity index (χ3v) is 4.24. The van der Waals surface area contributed by atoms with Crippen molar-refractivity contribution in [3.8, 4) is 5.75 Å². The fraction of sp³-hybridized carbons (Fsp3) is 0.571. The van der Waals surface area contributed by atoms with Crippen LogP contribution in [-0.2, 0) is 0 Å². The maximum atomic E-state index is 6.05. The van der Waals surface area contributed by atoms with E-state index in [1.54, 1.807) is 18.2 Å². The highest BCUT2D eigenvalue weighted by atomic mass is 35.5. The van der Waals surface area contributed by atoms with E-state index in [0.717, 1.165) is 32.6 Å². The standard InChI is InChI=1S/C14H20Cl2N2O.ClH/c1-14(9-17)4-5-18(10-14)6-7-19-13-8-11(15)2-3-12(13)16;/h2-3,8H,4-7,9-10,17H2,1H3;1H. The highest BCUT2D eigenvalue weighted by Crippen LogP contribution is 2.29. The molecule has 1 aromatic rings. The van der Waals surface area contributed by atoms with E-state index in [2.05, 4.69) is 11.8 Å². The van der Waals surface area contributed by atoms with Crippen LogP contribution in [0.4, 0.5) is 0 Å². The third-order valence-electron chi connectivity index (χ3n) is 3.69. The molecule has 3 nitrogen and oxygen atoms in total. The Morgan fingerprint density at radius 2 is 2.15 bits per heavy atom. The van der Waals surface area contributed by atoms with Gasteiger partial charge in [-0.15, -0.1) is 12.4 Å². The largest absolute Gasteiger partial charge is 0.491 e. The van der Waals surface area contributed by atoms with Gasteiger partial charge in [0.05, 0.1) is 5.02 Å². The van der Waals surface area contributed by atoms with Gasteiger partial charge < -0.3 is 10.5 Å². The molecular weight excluding hydrogens is 319 g/mol. The SMILES string of the molecule is CC1(CN)CCN(CCOc2cc(Cl)ccc2Cl)C1.Cl. The summed E-state index contributed by atoms with van der Waals surface area (Å²) in [6.07, 6.45) is 1.15. The predicted octanol–water partition coefficient (Wildman–Crippen LogP) is 3.46. The first-order chi connectivity index (χ1) is 9.02. The number of nitrogens with two attached hydrogens (primary N) is 1. The second-order valence-electron chi connectivity index (χ2n) is 5.46. The quantitative estimate of drug-likeness (QED) is 0.893. The summed E-state index contributed by atoms with van der Waals surface area (Å²) >= 11 is 12.0. The molecule has 114 valence electrons. The highest BCUT2D eigenvalue weighted by Gasteiger charge is 2.31. The first-order valence-corrected chi connectivity index (χ1v) is 7.28. The zero-order chi connectivity index (χ0) is 13.9. The lowest BCUT2D eigenvalue weighted by Gasteiger charge is -2.22. The van der Waals surface area contributed by atoms with E-state index in [9.17, 15) is 0 Å². The molecule has 0 aromatic heterocycles. The molecule has 0 saturated carbocycles. The lowest BCUT2D eigenvalue weighted by atomic mass is 9.90. The van der Waals surface area contributed by atoms with Crippen LogP contribution in [0.2, 0.25) is 10.0 Å². The van der Waals surface area contributed by atoms with Crippen molar-refractivity contribution in [2.75, 3.05) is 32.8 Å². The van der Waals surface area contributed by atoms with Crippen molar-refractivity contribution >= 4 is 35.6 Å². The number of nitrogens with zero attached hydrogens (tertiary/aromatic N) is 1. The van der Waals surface area contributed by atoms with Crippen molar-refractivity contribution in [1.82, 2.24) is 4.90 Å². The van der Waals surface area contributed by atoms with Crippen molar-refractivity contribution in [2.24, 2.45) is 11.1 Å². The summed E-state index contributed by atoms with van der Waals surface area (Å²) < 4.78 is 5.69. The van der Waals surface area contributed by atoms with Crippen LogP contribution in [0.15, 0.2) is 18.2 Å². The number of rotatable bonds is 5. The molecule has 0 amide bonds. The Bertz CT molecular complexity index is 444. The summed E-state index contributed by atoms with van der Waals surface area (Å²) in [6.45, 7) is 6.60. The third kappa shape index (κ3) is 4.68. The van der Waals surface area contributed by atoms with Gasteiger partial charge in [0.2, 0.25) is 0 Å². The monoisotopic (exact) mass is 338 g/mol. The number of benzene rings is 1. The average molecular weight is 340 g/mol. The van der Waals surface area contributed by atoms with E-state index in [-0.39, 0.29) is 17.8 Å². The van der Waals surface area contributed by atoms with Gasteiger partial charge in [0.1, 0.15) is 12.4 Å². The first kappa shape index (κ1) is 17.9. The maximum Gasteiger partial charge on any atom is 0.139 e. The van der Waals surface area contributed by atoms with Gasteiger partial charge in [0, 0.05) is 24.2 Å². The van der Waals surface area contributed by atoms with Gasteiger partial charge in [-0.3, -0.25) is 4.90 Å².